The molecule has 1 aliphatic heterocycles. The van der Waals surface area contributed by atoms with Crippen molar-refractivity contribution in [2.75, 3.05) is 11.5 Å². The molecule has 1 atom stereocenters. The van der Waals surface area contributed by atoms with Crippen LogP contribution in [0, 0.1) is 0 Å². The van der Waals surface area contributed by atoms with Crippen molar-refractivity contribution in [1.82, 2.24) is 4.90 Å². The fourth-order valence-electron chi connectivity index (χ4n) is 2.89. The van der Waals surface area contributed by atoms with Crippen LogP contribution in [0.5, 0.6) is 0 Å². The van der Waals surface area contributed by atoms with Gasteiger partial charge in [-0.15, -0.1) is 11.3 Å². The van der Waals surface area contributed by atoms with Crippen LogP contribution in [0.1, 0.15) is 16.9 Å². The average molecular weight is 384 g/mol. The molecule has 2 aromatic rings. The van der Waals surface area contributed by atoms with Gasteiger partial charge in [0, 0.05) is 15.9 Å². The first-order valence-electron chi connectivity index (χ1n) is 7.70. The summed E-state index contributed by atoms with van der Waals surface area (Å²) in [7, 11) is -3.04. The Balaban J connectivity index is 1.78. The van der Waals surface area contributed by atoms with Crippen molar-refractivity contribution in [3.63, 3.8) is 0 Å². The maximum Gasteiger partial charge on any atom is 0.227 e. The minimum atomic E-state index is -3.04. The molecule has 1 aromatic heterocycles. The van der Waals surface area contributed by atoms with Gasteiger partial charge in [-0.2, -0.15) is 0 Å². The van der Waals surface area contributed by atoms with Crippen molar-refractivity contribution >= 4 is 38.7 Å². The predicted octanol–water partition coefficient (Wildman–Crippen LogP) is 3.16. The third-order valence-corrected chi connectivity index (χ3v) is 7.01. The van der Waals surface area contributed by atoms with E-state index in [1.165, 1.54) is 0 Å². The van der Waals surface area contributed by atoms with Crippen LogP contribution in [0.2, 0.25) is 5.02 Å². The molecule has 0 aliphatic carbocycles. The van der Waals surface area contributed by atoms with Crippen LogP contribution in [-0.4, -0.2) is 36.8 Å². The number of nitrogens with zero attached hydrogens (tertiary/aromatic N) is 1. The Morgan fingerprint density at radius 3 is 2.58 bits per heavy atom. The molecule has 1 saturated heterocycles. The molecule has 1 fully saturated rings. The van der Waals surface area contributed by atoms with Crippen molar-refractivity contribution in [3.8, 4) is 0 Å². The van der Waals surface area contributed by atoms with Crippen molar-refractivity contribution in [1.29, 1.82) is 0 Å². The molecule has 0 spiro atoms. The standard InChI is InChI=1S/C17H18ClNO3S2/c18-14-5-3-13(4-6-14)10-17(20)19(11-16-2-1-8-23-16)15-7-9-24(21,22)12-15/h1-6,8,15H,7,9-12H2/t15-/m0/s1. The van der Waals surface area contributed by atoms with Gasteiger partial charge in [-0.3, -0.25) is 4.79 Å². The van der Waals surface area contributed by atoms with Gasteiger partial charge >= 0.3 is 0 Å². The summed E-state index contributed by atoms with van der Waals surface area (Å²) >= 11 is 7.45. The van der Waals surface area contributed by atoms with Gasteiger partial charge in [0.25, 0.3) is 0 Å². The highest BCUT2D eigenvalue weighted by molar-refractivity contribution is 7.91. The van der Waals surface area contributed by atoms with E-state index >= 15 is 0 Å². The van der Waals surface area contributed by atoms with Gasteiger partial charge < -0.3 is 4.90 Å². The first kappa shape index (κ1) is 17.5. The topological polar surface area (TPSA) is 54.5 Å². The lowest BCUT2D eigenvalue weighted by Gasteiger charge is -2.28. The van der Waals surface area contributed by atoms with E-state index in [2.05, 4.69) is 0 Å². The van der Waals surface area contributed by atoms with Crippen LogP contribution in [0.3, 0.4) is 0 Å². The second-order valence-corrected chi connectivity index (χ2v) is 9.66. The van der Waals surface area contributed by atoms with E-state index in [0.717, 1.165) is 10.4 Å². The lowest BCUT2D eigenvalue weighted by atomic mass is 10.1. The number of hydrogen-bond acceptors (Lipinski definition) is 4. The van der Waals surface area contributed by atoms with Crippen molar-refractivity contribution < 1.29 is 13.2 Å². The predicted molar refractivity (Wildman–Crippen MR) is 97.1 cm³/mol. The van der Waals surface area contributed by atoms with Crippen LogP contribution in [0.15, 0.2) is 41.8 Å². The number of hydrogen-bond donors (Lipinski definition) is 0. The molecule has 0 bridgehead atoms. The summed E-state index contributed by atoms with van der Waals surface area (Å²) in [5.41, 5.74) is 0.876. The molecule has 1 amide bonds. The summed E-state index contributed by atoms with van der Waals surface area (Å²) in [5.74, 6) is 0.171. The van der Waals surface area contributed by atoms with E-state index < -0.39 is 9.84 Å². The fourth-order valence-corrected chi connectivity index (χ4v) is 5.45. The van der Waals surface area contributed by atoms with Crippen LogP contribution in [-0.2, 0) is 27.6 Å². The van der Waals surface area contributed by atoms with Crippen LogP contribution >= 0.6 is 22.9 Å². The second kappa shape index (κ2) is 7.25. The largest absolute Gasteiger partial charge is 0.333 e. The number of sulfone groups is 1. The Morgan fingerprint density at radius 2 is 2.00 bits per heavy atom. The Hall–Kier alpha value is -1.37. The maximum absolute atomic E-state index is 12.8. The van der Waals surface area contributed by atoms with Crippen LogP contribution in [0.25, 0.3) is 0 Å². The molecule has 1 aromatic carbocycles. The van der Waals surface area contributed by atoms with Gasteiger partial charge in [0.1, 0.15) is 0 Å². The van der Waals surface area contributed by atoms with Crippen molar-refractivity contribution in [3.05, 3.63) is 57.2 Å². The highest BCUT2D eigenvalue weighted by Crippen LogP contribution is 2.23. The zero-order valence-electron chi connectivity index (χ0n) is 13.0. The molecule has 7 heteroatoms. The molecule has 128 valence electrons. The number of amides is 1. The van der Waals surface area contributed by atoms with E-state index in [-0.39, 0.29) is 29.9 Å². The monoisotopic (exact) mass is 383 g/mol. The lowest BCUT2D eigenvalue weighted by molar-refractivity contribution is -0.133. The molecular formula is C17H18ClNO3S2. The quantitative estimate of drug-likeness (QED) is 0.796. The molecule has 24 heavy (non-hydrogen) atoms. The SMILES string of the molecule is O=C(Cc1ccc(Cl)cc1)N(Cc1cccs1)[C@H]1CCS(=O)(=O)C1. The van der Waals surface area contributed by atoms with Gasteiger partial charge in [-0.05, 0) is 35.6 Å². The molecule has 0 saturated carbocycles. The van der Waals surface area contributed by atoms with Crippen LogP contribution < -0.4 is 0 Å². The average Bonchev–Trinajstić information content (AvgIpc) is 3.16. The van der Waals surface area contributed by atoms with E-state index in [1.54, 1.807) is 28.4 Å². The Kier molecular flexibility index (Phi) is 5.27. The fraction of sp³-hybridized carbons (Fsp3) is 0.353. The van der Waals surface area contributed by atoms with Gasteiger partial charge in [0.15, 0.2) is 9.84 Å². The summed E-state index contributed by atoms with van der Waals surface area (Å²) in [6, 6.07) is 10.8. The van der Waals surface area contributed by atoms with E-state index in [1.807, 2.05) is 29.6 Å². The lowest BCUT2D eigenvalue weighted by Crippen LogP contribution is -2.41. The molecule has 0 N–H and O–H groups in total. The number of thiophene rings is 1. The van der Waals surface area contributed by atoms with Gasteiger partial charge in [0.2, 0.25) is 5.91 Å². The molecule has 2 heterocycles. The maximum atomic E-state index is 12.8. The summed E-state index contributed by atoms with van der Waals surface area (Å²) < 4.78 is 23.6. The molecule has 4 nitrogen and oxygen atoms in total. The summed E-state index contributed by atoms with van der Waals surface area (Å²) in [4.78, 5) is 15.6. The third-order valence-electron chi connectivity index (χ3n) is 4.14. The smallest absolute Gasteiger partial charge is 0.227 e. The Bertz CT molecular complexity index is 801. The van der Waals surface area contributed by atoms with Crippen LogP contribution in [0.4, 0.5) is 0 Å². The Morgan fingerprint density at radius 1 is 1.25 bits per heavy atom. The first-order valence-corrected chi connectivity index (χ1v) is 10.8. The number of carbonyl (C=O) groups excluding carboxylic acids is 1. The van der Waals surface area contributed by atoms with E-state index in [4.69, 9.17) is 11.6 Å². The molecule has 3 rings (SSSR count). The normalized spacial score (nSPS) is 19.3. The van der Waals surface area contributed by atoms with E-state index in [0.29, 0.717) is 18.0 Å². The van der Waals surface area contributed by atoms with Gasteiger partial charge in [-0.25, -0.2) is 8.42 Å². The minimum absolute atomic E-state index is 0.0483. The number of carbonyl (C=O) groups is 1. The second-order valence-electron chi connectivity index (χ2n) is 5.96. The zero-order chi connectivity index (χ0) is 17.2. The minimum Gasteiger partial charge on any atom is -0.333 e. The molecule has 1 aliphatic rings. The summed E-state index contributed by atoms with van der Waals surface area (Å²) in [6.45, 7) is 0.463. The summed E-state index contributed by atoms with van der Waals surface area (Å²) in [5, 5.41) is 2.59. The van der Waals surface area contributed by atoms with Crippen molar-refractivity contribution in [2.24, 2.45) is 0 Å². The number of halogens is 1. The number of rotatable bonds is 5. The number of benzene rings is 1. The molecular weight excluding hydrogens is 366 g/mol. The third kappa shape index (κ3) is 4.37. The van der Waals surface area contributed by atoms with Gasteiger partial charge in [-0.1, -0.05) is 29.8 Å². The van der Waals surface area contributed by atoms with Gasteiger partial charge in [0.05, 0.1) is 24.5 Å². The van der Waals surface area contributed by atoms with E-state index in [9.17, 15) is 13.2 Å². The summed E-state index contributed by atoms with van der Waals surface area (Å²) in [6.07, 6.45) is 0.763. The highest BCUT2D eigenvalue weighted by atomic mass is 35.5. The Labute approximate surface area is 151 Å². The zero-order valence-corrected chi connectivity index (χ0v) is 15.4. The first-order chi connectivity index (χ1) is 11.4. The van der Waals surface area contributed by atoms with Crippen molar-refractivity contribution in [2.45, 2.75) is 25.4 Å². The molecule has 0 unspecified atom stereocenters. The molecule has 0 radical (unpaired) electrons. The highest BCUT2D eigenvalue weighted by Gasteiger charge is 2.34.